The minimum Gasteiger partial charge on any atom is -0.426 e. The van der Waals surface area contributed by atoms with Gasteiger partial charge in [-0.1, -0.05) is 30.3 Å². The molecule has 0 spiro atoms. The number of carbonyl (C=O) groups excluding carboxylic acids is 2. The van der Waals surface area contributed by atoms with Crippen molar-refractivity contribution < 1.29 is 19.6 Å². The summed E-state index contributed by atoms with van der Waals surface area (Å²) in [7, 11) is -1.53. The molecule has 1 aromatic carbocycles. The van der Waals surface area contributed by atoms with Gasteiger partial charge >= 0.3 is 7.12 Å². The van der Waals surface area contributed by atoms with Gasteiger partial charge in [0, 0.05) is 6.54 Å². The van der Waals surface area contributed by atoms with Crippen molar-refractivity contribution in [1.29, 1.82) is 0 Å². The fourth-order valence-electron chi connectivity index (χ4n) is 2.53. The van der Waals surface area contributed by atoms with Gasteiger partial charge in [0.25, 0.3) is 0 Å². The summed E-state index contributed by atoms with van der Waals surface area (Å²) in [6.07, 6.45) is 1.54. The molecular formula is C14H19BN2O4. The van der Waals surface area contributed by atoms with Gasteiger partial charge in [0.2, 0.25) is 11.8 Å². The smallest absolute Gasteiger partial charge is 0.426 e. The van der Waals surface area contributed by atoms with Crippen molar-refractivity contribution in [2.75, 3.05) is 13.1 Å². The minimum atomic E-state index is -1.53. The van der Waals surface area contributed by atoms with Crippen LogP contribution in [0.2, 0.25) is 0 Å². The highest BCUT2D eigenvalue weighted by molar-refractivity contribution is 6.43. The molecule has 1 aliphatic rings. The Kier molecular flexibility index (Phi) is 5.35. The molecule has 7 heteroatoms. The number of rotatable bonds is 5. The maximum Gasteiger partial charge on any atom is 0.475 e. The van der Waals surface area contributed by atoms with Gasteiger partial charge in [-0.2, -0.15) is 0 Å². The van der Waals surface area contributed by atoms with Crippen LogP contribution < -0.4 is 5.32 Å². The van der Waals surface area contributed by atoms with Crippen molar-refractivity contribution in [3.63, 3.8) is 0 Å². The first-order chi connectivity index (χ1) is 10.1. The van der Waals surface area contributed by atoms with E-state index >= 15 is 0 Å². The lowest BCUT2D eigenvalue weighted by Gasteiger charge is -2.24. The molecule has 2 amide bonds. The van der Waals surface area contributed by atoms with Crippen LogP contribution in [0, 0.1) is 0 Å². The molecule has 1 heterocycles. The Balaban J connectivity index is 1.80. The summed E-state index contributed by atoms with van der Waals surface area (Å²) in [5.74, 6) is -1.08. The van der Waals surface area contributed by atoms with Crippen LogP contribution >= 0.6 is 0 Å². The van der Waals surface area contributed by atoms with Crippen molar-refractivity contribution in [3.05, 3.63) is 35.9 Å². The van der Waals surface area contributed by atoms with E-state index in [1.165, 1.54) is 4.90 Å². The van der Waals surface area contributed by atoms with Crippen molar-refractivity contribution in [2.45, 2.75) is 25.2 Å². The Labute approximate surface area is 123 Å². The monoisotopic (exact) mass is 290 g/mol. The third kappa shape index (κ3) is 4.31. The summed E-state index contributed by atoms with van der Waals surface area (Å²) in [4.78, 5) is 25.2. The van der Waals surface area contributed by atoms with E-state index in [4.69, 9.17) is 0 Å². The van der Waals surface area contributed by atoms with E-state index in [0.29, 0.717) is 13.0 Å². The molecule has 0 bridgehead atoms. The predicted octanol–water partition coefficient (Wildman–Crippen LogP) is -0.652. The van der Waals surface area contributed by atoms with Crippen LogP contribution in [-0.4, -0.2) is 52.9 Å². The summed E-state index contributed by atoms with van der Waals surface area (Å²) in [5.41, 5.74) is 0.882. The van der Waals surface area contributed by atoms with E-state index in [9.17, 15) is 19.6 Å². The largest absolute Gasteiger partial charge is 0.475 e. The van der Waals surface area contributed by atoms with Crippen LogP contribution in [0.25, 0.3) is 0 Å². The average Bonchev–Trinajstić information content (AvgIpc) is 2.95. The molecule has 1 atom stereocenters. The minimum absolute atomic E-state index is 0.116. The topological polar surface area (TPSA) is 89.9 Å². The zero-order valence-corrected chi connectivity index (χ0v) is 11.7. The maximum absolute atomic E-state index is 12.0. The Morgan fingerprint density at radius 2 is 2.00 bits per heavy atom. The van der Waals surface area contributed by atoms with Gasteiger partial charge in [-0.25, -0.2) is 0 Å². The molecule has 0 unspecified atom stereocenters. The second-order valence-electron chi connectivity index (χ2n) is 5.15. The third-order valence-corrected chi connectivity index (χ3v) is 3.61. The van der Waals surface area contributed by atoms with Gasteiger partial charge in [0.05, 0.1) is 18.9 Å². The first kappa shape index (κ1) is 15.5. The van der Waals surface area contributed by atoms with Crippen molar-refractivity contribution in [3.8, 4) is 0 Å². The lowest BCUT2D eigenvalue weighted by atomic mass is 9.78. The van der Waals surface area contributed by atoms with Gasteiger partial charge in [-0.15, -0.1) is 0 Å². The van der Waals surface area contributed by atoms with Gasteiger partial charge in [0.15, 0.2) is 0 Å². The van der Waals surface area contributed by atoms with Crippen LogP contribution in [0.4, 0.5) is 0 Å². The van der Waals surface area contributed by atoms with Crippen molar-refractivity contribution >= 4 is 18.9 Å². The van der Waals surface area contributed by atoms with E-state index < -0.39 is 13.1 Å². The SMILES string of the molecule is O=C(Cc1ccccc1)NCC(=O)N1CCC[C@H]1B(O)O. The van der Waals surface area contributed by atoms with E-state index in [1.54, 1.807) is 0 Å². The predicted molar refractivity (Wildman–Crippen MR) is 78.1 cm³/mol. The molecule has 21 heavy (non-hydrogen) atoms. The molecular weight excluding hydrogens is 271 g/mol. The molecule has 0 aliphatic carbocycles. The Bertz CT molecular complexity index is 495. The van der Waals surface area contributed by atoms with E-state index in [2.05, 4.69) is 5.32 Å². The number of hydrogen-bond donors (Lipinski definition) is 3. The first-order valence-corrected chi connectivity index (χ1v) is 7.04. The fraction of sp³-hybridized carbons (Fsp3) is 0.429. The summed E-state index contributed by atoms with van der Waals surface area (Å²) < 4.78 is 0. The number of benzene rings is 1. The number of likely N-dealkylation sites (tertiary alicyclic amines) is 1. The Morgan fingerprint density at radius 3 is 2.67 bits per heavy atom. The van der Waals surface area contributed by atoms with Crippen LogP contribution in [0.5, 0.6) is 0 Å². The number of nitrogens with zero attached hydrogens (tertiary/aromatic N) is 1. The number of hydrogen-bond acceptors (Lipinski definition) is 4. The quantitative estimate of drug-likeness (QED) is 0.629. The molecule has 1 fully saturated rings. The Hall–Kier alpha value is -1.86. The number of carbonyl (C=O) groups is 2. The Morgan fingerprint density at radius 1 is 1.29 bits per heavy atom. The second kappa shape index (κ2) is 7.24. The van der Waals surface area contributed by atoms with Crippen LogP contribution in [0.3, 0.4) is 0 Å². The number of nitrogens with one attached hydrogen (secondary N) is 1. The van der Waals surface area contributed by atoms with E-state index in [0.717, 1.165) is 12.0 Å². The summed E-state index contributed by atoms with van der Waals surface area (Å²) in [5, 5.41) is 21.0. The van der Waals surface area contributed by atoms with Crippen molar-refractivity contribution in [1.82, 2.24) is 10.2 Å². The van der Waals surface area contributed by atoms with Gasteiger partial charge in [-0.05, 0) is 18.4 Å². The molecule has 1 aliphatic heterocycles. The van der Waals surface area contributed by atoms with Crippen LogP contribution in [-0.2, 0) is 16.0 Å². The van der Waals surface area contributed by atoms with Gasteiger partial charge < -0.3 is 20.3 Å². The standard InChI is InChI=1S/C14H19BN2O4/c18-13(9-11-5-2-1-3-6-11)16-10-14(19)17-8-4-7-12(17)15(20)21/h1-3,5-6,12,20-21H,4,7-10H2,(H,16,18)/t12-/m0/s1. The highest BCUT2D eigenvalue weighted by Gasteiger charge is 2.36. The van der Waals surface area contributed by atoms with Crippen LogP contribution in [0.15, 0.2) is 30.3 Å². The van der Waals surface area contributed by atoms with Gasteiger partial charge in [0.1, 0.15) is 0 Å². The molecule has 1 saturated heterocycles. The lowest BCUT2D eigenvalue weighted by Crippen LogP contribution is -2.49. The molecule has 2 rings (SSSR count). The molecule has 3 N–H and O–H groups in total. The second-order valence-corrected chi connectivity index (χ2v) is 5.15. The summed E-state index contributed by atoms with van der Waals surface area (Å²) >= 11 is 0. The molecule has 112 valence electrons. The summed E-state index contributed by atoms with van der Waals surface area (Å²) in [6, 6.07) is 9.27. The molecule has 0 radical (unpaired) electrons. The van der Waals surface area contributed by atoms with E-state index in [-0.39, 0.29) is 24.8 Å². The summed E-state index contributed by atoms with van der Waals surface area (Å²) in [6.45, 7) is 0.380. The molecule has 0 aromatic heterocycles. The van der Waals surface area contributed by atoms with E-state index in [1.807, 2.05) is 30.3 Å². The normalized spacial score (nSPS) is 17.6. The highest BCUT2D eigenvalue weighted by Crippen LogP contribution is 2.17. The zero-order chi connectivity index (χ0) is 15.2. The fourth-order valence-corrected chi connectivity index (χ4v) is 2.53. The lowest BCUT2D eigenvalue weighted by molar-refractivity contribution is -0.132. The molecule has 0 saturated carbocycles. The first-order valence-electron chi connectivity index (χ1n) is 7.04. The zero-order valence-electron chi connectivity index (χ0n) is 11.7. The molecule has 6 nitrogen and oxygen atoms in total. The van der Waals surface area contributed by atoms with Crippen molar-refractivity contribution in [2.24, 2.45) is 0 Å². The number of amides is 2. The third-order valence-electron chi connectivity index (χ3n) is 3.61. The average molecular weight is 290 g/mol. The molecule has 1 aromatic rings. The van der Waals surface area contributed by atoms with Crippen LogP contribution in [0.1, 0.15) is 18.4 Å². The highest BCUT2D eigenvalue weighted by atomic mass is 16.4. The maximum atomic E-state index is 12.0. The van der Waals surface area contributed by atoms with Gasteiger partial charge in [-0.3, -0.25) is 9.59 Å².